The zero-order chi connectivity index (χ0) is 11.4. The van der Waals surface area contributed by atoms with Crippen molar-refractivity contribution in [2.45, 2.75) is 25.7 Å². The SMILES string of the molecule is CC[C@H](CCO)c1ccc2ccccc2c1. The number of rotatable bonds is 4. The molecule has 1 atom stereocenters. The van der Waals surface area contributed by atoms with Gasteiger partial charge in [0.25, 0.3) is 0 Å². The van der Waals surface area contributed by atoms with Crippen LogP contribution in [-0.4, -0.2) is 11.7 Å². The monoisotopic (exact) mass is 214 g/mol. The molecule has 0 bridgehead atoms. The molecular formula is C15H18O. The van der Waals surface area contributed by atoms with Gasteiger partial charge < -0.3 is 5.11 Å². The third-order valence-corrected chi connectivity index (χ3v) is 3.22. The van der Waals surface area contributed by atoms with E-state index in [-0.39, 0.29) is 6.61 Å². The summed E-state index contributed by atoms with van der Waals surface area (Å²) in [5, 5.41) is 11.6. The molecule has 0 saturated heterocycles. The summed E-state index contributed by atoms with van der Waals surface area (Å²) in [5.41, 5.74) is 1.34. The molecule has 0 aliphatic rings. The van der Waals surface area contributed by atoms with E-state index in [1.807, 2.05) is 0 Å². The van der Waals surface area contributed by atoms with E-state index < -0.39 is 0 Å². The van der Waals surface area contributed by atoms with Crippen molar-refractivity contribution in [2.75, 3.05) is 6.61 Å². The fourth-order valence-electron chi connectivity index (χ4n) is 2.22. The first-order valence-corrected chi connectivity index (χ1v) is 5.94. The van der Waals surface area contributed by atoms with Gasteiger partial charge in [0, 0.05) is 6.61 Å². The van der Waals surface area contributed by atoms with Crippen molar-refractivity contribution in [3.63, 3.8) is 0 Å². The largest absolute Gasteiger partial charge is 0.396 e. The van der Waals surface area contributed by atoms with Crippen LogP contribution in [0.5, 0.6) is 0 Å². The highest BCUT2D eigenvalue weighted by molar-refractivity contribution is 5.83. The van der Waals surface area contributed by atoms with Gasteiger partial charge in [0.2, 0.25) is 0 Å². The quantitative estimate of drug-likeness (QED) is 0.822. The maximum absolute atomic E-state index is 9.04. The van der Waals surface area contributed by atoms with Crippen molar-refractivity contribution >= 4 is 10.8 Å². The number of hydrogen-bond donors (Lipinski definition) is 1. The van der Waals surface area contributed by atoms with Gasteiger partial charge in [-0.25, -0.2) is 0 Å². The van der Waals surface area contributed by atoms with Gasteiger partial charge in [-0.15, -0.1) is 0 Å². The van der Waals surface area contributed by atoms with E-state index in [0.717, 1.165) is 12.8 Å². The second-order valence-electron chi connectivity index (χ2n) is 4.22. The molecule has 0 heterocycles. The van der Waals surface area contributed by atoms with Crippen LogP contribution in [0.4, 0.5) is 0 Å². The van der Waals surface area contributed by atoms with Gasteiger partial charge in [-0.1, -0.05) is 49.4 Å². The average molecular weight is 214 g/mol. The second kappa shape index (κ2) is 5.13. The lowest BCUT2D eigenvalue weighted by Crippen LogP contribution is -2.00. The molecular weight excluding hydrogens is 196 g/mol. The van der Waals surface area contributed by atoms with Crippen molar-refractivity contribution in [3.05, 3.63) is 48.0 Å². The van der Waals surface area contributed by atoms with Crippen LogP contribution in [0.25, 0.3) is 10.8 Å². The van der Waals surface area contributed by atoms with Gasteiger partial charge in [0.05, 0.1) is 0 Å². The maximum Gasteiger partial charge on any atom is 0.0436 e. The highest BCUT2D eigenvalue weighted by Crippen LogP contribution is 2.26. The summed E-state index contributed by atoms with van der Waals surface area (Å²) in [4.78, 5) is 0. The molecule has 0 radical (unpaired) electrons. The van der Waals surface area contributed by atoms with E-state index in [4.69, 9.17) is 5.11 Å². The lowest BCUT2D eigenvalue weighted by molar-refractivity contribution is 0.274. The molecule has 0 spiro atoms. The van der Waals surface area contributed by atoms with E-state index in [9.17, 15) is 0 Å². The third kappa shape index (κ3) is 2.25. The Morgan fingerprint density at radius 3 is 2.50 bits per heavy atom. The minimum absolute atomic E-state index is 0.269. The predicted octanol–water partition coefficient (Wildman–Crippen LogP) is 3.72. The van der Waals surface area contributed by atoms with Gasteiger partial charge in [-0.2, -0.15) is 0 Å². The van der Waals surface area contributed by atoms with E-state index in [0.29, 0.717) is 5.92 Å². The van der Waals surface area contributed by atoms with Crippen molar-refractivity contribution in [3.8, 4) is 0 Å². The maximum atomic E-state index is 9.04. The fraction of sp³-hybridized carbons (Fsp3) is 0.333. The van der Waals surface area contributed by atoms with Crippen LogP contribution in [0.2, 0.25) is 0 Å². The number of hydrogen-bond acceptors (Lipinski definition) is 1. The van der Waals surface area contributed by atoms with Crippen LogP contribution in [-0.2, 0) is 0 Å². The van der Waals surface area contributed by atoms with Gasteiger partial charge >= 0.3 is 0 Å². The second-order valence-corrected chi connectivity index (χ2v) is 4.22. The Morgan fingerprint density at radius 2 is 1.81 bits per heavy atom. The fourth-order valence-corrected chi connectivity index (χ4v) is 2.22. The topological polar surface area (TPSA) is 20.2 Å². The molecule has 2 rings (SSSR count). The minimum Gasteiger partial charge on any atom is -0.396 e. The van der Waals surface area contributed by atoms with Crippen LogP contribution < -0.4 is 0 Å². The Kier molecular flexibility index (Phi) is 3.58. The lowest BCUT2D eigenvalue weighted by Gasteiger charge is -2.14. The van der Waals surface area contributed by atoms with E-state index >= 15 is 0 Å². The number of aliphatic hydroxyl groups is 1. The third-order valence-electron chi connectivity index (χ3n) is 3.22. The summed E-state index contributed by atoms with van der Waals surface area (Å²) in [5.74, 6) is 0.481. The van der Waals surface area contributed by atoms with Gasteiger partial charge in [-0.3, -0.25) is 0 Å². The molecule has 1 heteroatoms. The smallest absolute Gasteiger partial charge is 0.0436 e. The minimum atomic E-state index is 0.269. The Balaban J connectivity index is 2.37. The molecule has 0 amide bonds. The first-order valence-electron chi connectivity index (χ1n) is 5.94. The number of benzene rings is 2. The Labute approximate surface area is 96.7 Å². The van der Waals surface area contributed by atoms with Crippen LogP contribution in [0, 0.1) is 0 Å². The van der Waals surface area contributed by atoms with E-state index in [2.05, 4.69) is 49.4 Å². The molecule has 84 valence electrons. The molecule has 0 aromatic heterocycles. The molecule has 1 N–H and O–H groups in total. The first kappa shape index (κ1) is 11.2. The van der Waals surface area contributed by atoms with Gasteiger partial charge in [0.15, 0.2) is 0 Å². The van der Waals surface area contributed by atoms with Crippen LogP contribution >= 0.6 is 0 Å². The molecule has 2 aromatic rings. The standard InChI is InChI=1S/C15H18O/c1-2-12(9-10-16)15-8-7-13-5-3-4-6-14(13)11-15/h3-8,11-12,16H,2,9-10H2,1H3/t12-/m1/s1. The molecule has 16 heavy (non-hydrogen) atoms. The summed E-state index contributed by atoms with van der Waals surface area (Å²) in [6.07, 6.45) is 1.94. The van der Waals surface area contributed by atoms with Crippen LogP contribution in [0.3, 0.4) is 0 Å². The molecule has 2 aromatic carbocycles. The summed E-state index contributed by atoms with van der Waals surface area (Å²) in [6, 6.07) is 15.0. The average Bonchev–Trinajstić information content (AvgIpc) is 2.35. The van der Waals surface area contributed by atoms with Gasteiger partial charge in [-0.05, 0) is 35.1 Å². The summed E-state index contributed by atoms with van der Waals surface area (Å²) in [6.45, 7) is 2.45. The van der Waals surface area contributed by atoms with Crippen molar-refractivity contribution in [2.24, 2.45) is 0 Å². The molecule has 1 nitrogen and oxygen atoms in total. The molecule has 0 saturated carbocycles. The molecule has 0 aliphatic heterocycles. The van der Waals surface area contributed by atoms with Gasteiger partial charge in [0.1, 0.15) is 0 Å². The number of aliphatic hydroxyl groups excluding tert-OH is 1. The Morgan fingerprint density at radius 1 is 1.06 bits per heavy atom. The zero-order valence-electron chi connectivity index (χ0n) is 9.69. The highest BCUT2D eigenvalue weighted by atomic mass is 16.3. The lowest BCUT2D eigenvalue weighted by atomic mass is 9.92. The highest BCUT2D eigenvalue weighted by Gasteiger charge is 2.08. The van der Waals surface area contributed by atoms with Crippen molar-refractivity contribution < 1.29 is 5.11 Å². The first-order chi connectivity index (χ1) is 7.85. The van der Waals surface area contributed by atoms with E-state index in [1.165, 1.54) is 16.3 Å². The molecule has 0 aliphatic carbocycles. The van der Waals surface area contributed by atoms with Crippen LogP contribution in [0.15, 0.2) is 42.5 Å². The molecule has 0 fully saturated rings. The van der Waals surface area contributed by atoms with E-state index in [1.54, 1.807) is 0 Å². The molecule has 0 unspecified atom stereocenters. The van der Waals surface area contributed by atoms with Crippen LogP contribution in [0.1, 0.15) is 31.2 Å². The zero-order valence-corrected chi connectivity index (χ0v) is 9.69. The Hall–Kier alpha value is -1.34. The number of fused-ring (bicyclic) bond motifs is 1. The van der Waals surface area contributed by atoms with Crippen molar-refractivity contribution in [1.82, 2.24) is 0 Å². The predicted molar refractivity (Wildman–Crippen MR) is 68.7 cm³/mol. The Bertz CT molecular complexity index is 462. The summed E-state index contributed by atoms with van der Waals surface area (Å²) in [7, 11) is 0. The summed E-state index contributed by atoms with van der Waals surface area (Å²) < 4.78 is 0. The summed E-state index contributed by atoms with van der Waals surface area (Å²) >= 11 is 0. The normalized spacial score (nSPS) is 12.9. The van der Waals surface area contributed by atoms with Crippen molar-refractivity contribution in [1.29, 1.82) is 0 Å².